The molecule has 0 saturated carbocycles. The number of benzene rings is 1. The number of rotatable bonds is 7. The molecule has 0 radical (unpaired) electrons. The fourth-order valence-corrected chi connectivity index (χ4v) is 2.69. The van der Waals surface area contributed by atoms with Gasteiger partial charge in [-0.1, -0.05) is 12.1 Å². The minimum Gasteiger partial charge on any atom is -0.488 e. The van der Waals surface area contributed by atoms with Gasteiger partial charge in [0.05, 0.1) is 6.10 Å². The van der Waals surface area contributed by atoms with Crippen molar-refractivity contribution in [2.24, 2.45) is 0 Å². The lowest BCUT2D eigenvalue weighted by molar-refractivity contribution is 0.0164. The van der Waals surface area contributed by atoms with Gasteiger partial charge in [0.15, 0.2) is 0 Å². The van der Waals surface area contributed by atoms with Crippen molar-refractivity contribution >= 4 is 6.03 Å². The molecule has 1 heterocycles. The van der Waals surface area contributed by atoms with E-state index in [-0.39, 0.29) is 12.1 Å². The zero-order valence-electron chi connectivity index (χ0n) is 13.8. The Kier molecular flexibility index (Phi) is 7.24. The predicted octanol–water partition coefficient (Wildman–Crippen LogP) is 3.04. The Hall–Kier alpha value is -1.89. The van der Waals surface area contributed by atoms with Gasteiger partial charge >= 0.3 is 6.03 Å². The number of amides is 2. The summed E-state index contributed by atoms with van der Waals surface area (Å²) in [5.74, 6) is 0.372. The minimum atomic E-state index is -2.51. The summed E-state index contributed by atoms with van der Waals surface area (Å²) in [6.45, 7) is 3.58. The molecule has 0 aliphatic carbocycles. The van der Waals surface area contributed by atoms with Gasteiger partial charge in [0, 0.05) is 26.2 Å². The van der Waals surface area contributed by atoms with Crippen molar-refractivity contribution < 1.29 is 23.0 Å². The summed E-state index contributed by atoms with van der Waals surface area (Å²) in [5.41, 5.74) is 0.800. The van der Waals surface area contributed by atoms with Gasteiger partial charge < -0.3 is 19.7 Å². The van der Waals surface area contributed by atoms with Gasteiger partial charge in [0.25, 0.3) is 6.43 Å². The van der Waals surface area contributed by atoms with Gasteiger partial charge in [-0.3, -0.25) is 0 Å². The van der Waals surface area contributed by atoms with Crippen LogP contribution >= 0.6 is 0 Å². The second-order valence-corrected chi connectivity index (χ2v) is 5.67. The number of nitrogens with zero attached hydrogens (tertiary/aromatic N) is 1. The van der Waals surface area contributed by atoms with Crippen molar-refractivity contribution in [1.29, 1.82) is 0 Å². The van der Waals surface area contributed by atoms with Crippen LogP contribution < -0.4 is 10.1 Å². The number of alkyl halides is 2. The van der Waals surface area contributed by atoms with E-state index in [2.05, 4.69) is 5.32 Å². The van der Waals surface area contributed by atoms with Crippen molar-refractivity contribution in [1.82, 2.24) is 10.2 Å². The fraction of sp³-hybridized carbons (Fsp3) is 0.588. The second-order valence-electron chi connectivity index (χ2n) is 5.67. The molecule has 1 aromatic carbocycles. The zero-order chi connectivity index (χ0) is 17.4. The third kappa shape index (κ3) is 5.96. The summed E-state index contributed by atoms with van der Waals surface area (Å²) in [5, 5.41) is 2.85. The lowest BCUT2D eigenvalue weighted by Gasteiger charge is -2.32. The minimum absolute atomic E-state index is 0.0978. The van der Waals surface area contributed by atoms with Crippen LogP contribution in [0.25, 0.3) is 0 Å². The van der Waals surface area contributed by atoms with E-state index in [1.165, 1.54) is 0 Å². The van der Waals surface area contributed by atoms with Crippen molar-refractivity contribution in [3.05, 3.63) is 29.8 Å². The molecule has 0 bridgehead atoms. The van der Waals surface area contributed by atoms with E-state index in [4.69, 9.17) is 9.47 Å². The van der Waals surface area contributed by atoms with Gasteiger partial charge in [0.1, 0.15) is 12.4 Å². The van der Waals surface area contributed by atoms with E-state index in [1.54, 1.807) is 23.1 Å². The van der Waals surface area contributed by atoms with Crippen LogP contribution in [-0.4, -0.2) is 49.8 Å². The molecule has 1 saturated heterocycles. The Bertz CT molecular complexity index is 526. The van der Waals surface area contributed by atoms with Crippen LogP contribution in [0.5, 0.6) is 5.75 Å². The van der Waals surface area contributed by atoms with Crippen molar-refractivity contribution in [3.8, 4) is 5.75 Å². The first-order valence-corrected chi connectivity index (χ1v) is 8.22. The van der Waals surface area contributed by atoms with Crippen LogP contribution in [0.2, 0.25) is 0 Å². The highest BCUT2D eigenvalue weighted by atomic mass is 19.3. The summed E-state index contributed by atoms with van der Waals surface area (Å²) < 4.78 is 34.9. The number of hydrogen-bond donors (Lipinski definition) is 1. The molecule has 7 heteroatoms. The molecule has 134 valence electrons. The number of carbonyl (C=O) groups is 1. The quantitative estimate of drug-likeness (QED) is 0.829. The number of ether oxygens (including phenoxy) is 2. The summed E-state index contributed by atoms with van der Waals surface area (Å²) in [6.07, 6.45) is -0.512. The van der Waals surface area contributed by atoms with E-state index < -0.39 is 13.0 Å². The number of halogens is 2. The molecule has 2 amide bonds. The predicted molar refractivity (Wildman–Crippen MR) is 86.4 cm³/mol. The number of urea groups is 1. The first-order chi connectivity index (χ1) is 11.6. The maximum atomic E-state index is 12.3. The third-order valence-electron chi connectivity index (χ3n) is 3.79. The molecular weight excluding hydrogens is 318 g/mol. The Morgan fingerprint density at radius 2 is 2.29 bits per heavy atom. The number of piperidine rings is 1. The summed E-state index contributed by atoms with van der Waals surface area (Å²) in [6, 6.07) is 6.66. The Balaban J connectivity index is 1.81. The average molecular weight is 342 g/mol. The second kappa shape index (κ2) is 9.42. The van der Waals surface area contributed by atoms with Crippen molar-refractivity contribution in [2.75, 3.05) is 26.3 Å². The van der Waals surface area contributed by atoms with Gasteiger partial charge in [0.2, 0.25) is 0 Å². The van der Waals surface area contributed by atoms with E-state index >= 15 is 0 Å². The molecule has 1 fully saturated rings. The molecular formula is C17H24F2N2O3. The van der Waals surface area contributed by atoms with Crippen LogP contribution in [0.3, 0.4) is 0 Å². The Morgan fingerprint density at radius 3 is 3.04 bits per heavy atom. The van der Waals surface area contributed by atoms with Gasteiger partial charge in [-0.25, -0.2) is 13.6 Å². The van der Waals surface area contributed by atoms with E-state index in [1.807, 2.05) is 13.0 Å². The maximum absolute atomic E-state index is 12.3. The van der Waals surface area contributed by atoms with E-state index in [0.29, 0.717) is 32.0 Å². The number of nitrogens with one attached hydrogen (secondary N) is 1. The maximum Gasteiger partial charge on any atom is 0.317 e. The Labute approximate surface area is 140 Å². The van der Waals surface area contributed by atoms with E-state index in [0.717, 1.165) is 18.4 Å². The van der Waals surface area contributed by atoms with E-state index in [9.17, 15) is 13.6 Å². The molecule has 1 N–H and O–H groups in total. The van der Waals surface area contributed by atoms with Crippen molar-refractivity contribution in [3.63, 3.8) is 0 Å². The monoisotopic (exact) mass is 342 g/mol. The number of carbonyl (C=O) groups excluding carboxylic acids is 1. The van der Waals surface area contributed by atoms with Crippen LogP contribution in [0.4, 0.5) is 13.6 Å². The number of hydrogen-bond acceptors (Lipinski definition) is 3. The molecule has 2 rings (SSSR count). The molecule has 5 nitrogen and oxygen atoms in total. The molecule has 1 atom stereocenters. The third-order valence-corrected chi connectivity index (χ3v) is 3.79. The lowest BCUT2D eigenvalue weighted by atomic mass is 10.1. The first-order valence-electron chi connectivity index (χ1n) is 8.22. The zero-order valence-corrected chi connectivity index (χ0v) is 13.8. The topological polar surface area (TPSA) is 50.8 Å². The molecule has 1 aliphatic rings. The normalized spacial score (nSPS) is 17.8. The molecule has 0 spiro atoms. The van der Waals surface area contributed by atoms with Gasteiger partial charge in [-0.05, 0) is 37.5 Å². The number of likely N-dealkylation sites (tertiary alicyclic amines) is 1. The van der Waals surface area contributed by atoms with Crippen LogP contribution in [0, 0.1) is 0 Å². The summed E-state index contributed by atoms with van der Waals surface area (Å²) in [4.78, 5) is 14.0. The molecule has 1 aromatic rings. The highest BCUT2D eigenvalue weighted by molar-refractivity contribution is 5.74. The van der Waals surface area contributed by atoms with Crippen LogP contribution in [-0.2, 0) is 11.3 Å². The molecule has 24 heavy (non-hydrogen) atoms. The smallest absolute Gasteiger partial charge is 0.317 e. The lowest BCUT2D eigenvalue weighted by Crippen LogP contribution is -2.47. The molecule has 1 aliphatic heterocycles. The summed E-state index contributed by atoms with van der Waals surface area (Å²) >= 11 is 0. The fourth-order valence-electron chi connectivity index (χ4n) is 2.69. The largest absolute Gasteiger partial charge is 0.488 e. The van der Waals surface area contributed by atoms with Crippen LogP contribution in [0.15, 0.2) is 24.3 Å². The highest BCUT2D eigenvalue weighted by Gasteiger charge is 2.23. The van der Waals surface area contributed by atoms with Gasteiger partial charge in [-0.2, -0.15) is 0 Å². The SMILES string of the molecule is CCO[C@H]1CCCN(C(=O)NCc2cccc(OCC(F)F)c2)C1. The van der Waals surface area contributed by atoms with Crippen LogP contribution in [0.1, 0.15) is 25.3 Å². The molecule has 0 unspecified atom stereocenters. The Morgan fingerprint density at radius 1 is 1.46 bits per heavy atom. The standard InChI is InChI=1S/C17H24F2N2O3/c1-2-23-15-7-4-8-21(11-15)17(22)20-10-13-5-3-6-14(9-13)24-12-16(18)19/h3,5-6,9,15-16H,2,4,7-8,10-12H2,1H3,(H,20,22)/t15-/m0/s1. The molecule has 0 aromatic heterocycles. The highest BCUT2D eigenvalue weighted by Crippen LogP contribution is 2.15. The first kappa shape index (κ1) is 18.4. The van der Waals surface area contributed by atoms with Gasteiger partial charge in [-0.15, -0.1) is 0 Å². The van der Waals surface area contributed by atoms with Crippen molar-refractivity contribution in [2.45, 2.75) is 38.8 Å². The summed E-state index contributed by atoms with van der Waals surface area (Å²) in [7, 11) is 0. The average Bonchev–Trinajstić information content (AvgIpc) is 2.59.